The molecule has 0 spiro atoms. The maximum atomic E-state index is 11.8. The molecule has 100 valence electrons. The van der Waals surface area contributed by atoms with Gasteiger partial charge in [0.05, 0.1) is 19.6 Å². The second-order valence-electron chi connectivity index (χ2n) is 4.64. The molecule has 1 saturated heterocycles. The van der Waals surface area contributed by atoms with Crippen LogP contribution in [0.4, 0.5) is 0 Å². The summed E-state index contributed by atoms with van der Waals surface area (Å²) >= 11 is 1.63. The van der Waals surface area contributed by atoms with E-state index in [-0.39, 0.29) is 11.9 Å². The minimum Gasteiger partial charge on any atom is -0.379 e. The molecule has 0 radical (unpaired) electrons. The van der Waals surface area contributed by atoms with Crippen LogP contribution in [0.25, 0.3) is 0 Å². The Morgan fingerprint density at radius 3 is 3.00 bits per heavy atom. The van der Waals surface area contributed by atoms with Gasteiger partial charge in [-0.25, -0.2) is 0 Å². The second-order valence-corrected chi connectivity index (χ2v) is 5.67. The van der Waals surface area contributed by atoms with Gasteiger partial charge in [-0.3, -0.25) is 9.69 Å². The fraction of sp³-hybridized carbons (Fsp3) is 0.615. The molecule has 0 aromatic carbocycles. The van der Waals surface area contributed by atoms with Crippen LogP contribution < -0.4 is 5.32 Å². The Labute approximate surface area is 112 Å². The third-order valence-electron chi connectivity index (χ3n) is 2.96. The fourth-order valence-electron chi connectivity index (χ4n) is 2.11. The summed E-state index contributed by atoms with van der Waals surface area (Å²) in [7, 11) is 0. The summed E-state index contributed by atoms with van der Waals surface area (Å²) in [6.07, 6.45) is 0.491. The summed E-state index contributed by atoms with van der Waals surface area (Å²) in [6.45, 7) is 6.49. The molecule has 1 fully saturated rings. The van der Waals surface area contributed by atoms with Gasteiger partial charge in [-0.05, 0) is 18.4 Å². The Morgan fingerprint density at radius 2 is 2.33 bits per heavy atom. The smallest absolute Gasteiger partial charge is 0.225 e. The Hall–Kier alpha value is -0.910. The molecule has 2 rings (SSSR count). The van der Waals surface area contributed by atoms with Crippen molar-refractivity contribution in [3.8, 4) is 0 Å². The molecule has 4 nitrogen and oxygen atoms in total. The van der Waals surface area contributed by atoms with Crippen LogP contribution in [0.15, 0.2) is 17.5 Å². The maximum Gasteiger partial charge on any atom is 0.225 e. The largest absolute Gasteiger partial charge is 0.379 e. The maximum absolute atomic E-state index is 11.8. The van der Waals surface area contributed by atoms with Crippen molar-refractivity contribution in [3.05, 3.63) is 22.4 Å². The van der Waals surface area contributed by atoms with Gasteiger partial charge < -0.3 is 10.1 Å². The summed E-state index contributed by atoms with van der Waals surface area (Å²) in [6, 6.07) is 4.16. The highest BCUT2D eigenvalue weighted by molar-refractivity contribution is 7.10. The third kappa shape index (κ3) is 4.40. The van der Waals surface area contributed by atoms with Crippen molar-refractivity contribution in [2.75, 3.05) is 32.8 Å². The monoisotopic (exact) mass is 268 g/mol. The third-order valence-corrected chi connectivity index (χ3v) is 3.83. The van der Waals surface area contributed by atoms with E-state index in [0.717, 1.165) is 37.7 Å². The Balaban J connectivity index is 1.69. The summed E-state index contributed by atoms with van der Waals surface area (Å²) in [5.74, 6) is 0.109. The summed E-state index contributed by atoms with van der Waals surface area (Å²) in [4.78, 5) is 15.3. The first kappa shape index (κ1) is 13.5. The number of carbonyl (C=O) groups is 1. The molecule has 1 aliphatic rings. The minimum atomic E-state index is 0.109. The first-order chi connectivity index (χ1) is 8.74. The molecule has 1 unspecified atom stereocenters. The van der Waals surface area contributed by atoms with E-state index in [2.05, 4.69) is 17.1 Å². The molecule has 1 atom stereocenters. The van der Waals surface area contributed by atoms with E-state index in [1.54, 1.807) is 11.3 Å². The number of thiophene rings is 1. The molecular weight excluding hydrogens is 248 g/mol. The molecule has 18 heavy (non-hydrogen) atoms. The standard InChI is InChI=1S/C13H20N2O2S/c1-11(10-15-4-6-17-7-5-15)14-13(16)9-12-3-2-8-18-12/h2-3,8,11H,4-7,9-10H2,1H3,(H,14,16). The average Bonchev–Trinajstić information content (AvgIpc) is 2.82. The van der Waals surface area contributed by atoms with Crippen molar-refractivity contribution in [2.45, 2.75) is 19.4 Å². The highest BCUT2D eigenvalue weighted by Crippen LogP contribution is 2.09. The van der Waals surface area contributed by atoms with Crippen molar-refractivity contribution < 1.29 is 9.53 Å². The van der Waals surface area contributed by atoms with Gasteiger partial charge in [0.1, 0.15) is 0 Å². The van der Waals surface area contributed by atoms with Crippen LogP contribution in [-0.2, 0) is 16.0 Å². The molecular formula is C13H20N2O2S. The zero-order valence-corrected chi connectivity index (χ0v) is 11.5. The number of nitrogens with zero attached hydrogens (tertiary/aromatic N) is 1. The molecule has 5 heteroatoms. The van der Waals surface area contributed by atoms with Crippen LogP contribution in [0.3, 0.4) is 0 Å². The van der Waals surface area contributed by atoms with E-state index in [1.165, 1.54) is 0 Å². The normalized spacial score (nSPS) is 18.5. The van der Waals surface area contributed by atoms with Gasteiger partial charge >= 0.3 is 0 Å². The van der Waals surface area contributed by atoms with E-state index >= 15 is 0 Å². The molecule has 1 aliphatic heterocycles. The number of ether oxygens (including phenoxy) is 1. The van der Waals surface area contributed by atoms with Gasteiger partial charge in [0.25, 0.3) is 0 Å². The van der Waals surface area contributed by atoms with Crippen molar-refractivity contribution in [3.63, 3.8) is 0 Å². The molecule has 1 aromatic heterocycles. The van der Waals surface area contributed by atoms with Gasteiger partial charge in [0.15, 0.2) is 0 Å². The van der Waals surface area contributed by atoms with E-state index in [9.17, 15) is 4.79 Å². The molecule has 0 saturated carbocycles. The lowest BCUT2D eigenvalue weighted by molar-refractivity contribution is -0.121. The number of hydrogen-bond donors (Lipinski definition) is 1. The Kier molecular flexibility index (Phi) is 5.16. The number of nitrogens with one attached hydrogen (secondary N) is 1. The minimum absolute atomic E-state index is 0.109. The molecule has 0 bridgehead atoms. The van der Waals surface area contributed by atoms with E-state index in [4.69, 9.17) is 4.74 Å². The topological polar surface area (TPSA) is 41.6 Å². The summed E-state index contributed by atoms with van der Waals surface area (Å²) in [5.41, 5.74) is 0. The highest BCUT2D eigenvalue weighted by atomic mass is 32.1. The Morgan fingerprint density at radius 1 is 1.56 bits per heavy atom. The highest BCUT2D eigenvalue weighted by Gasteiger charge is 2.15. The number of morpholine rings is 1. The van der Waals surface area contributed by atoms with Gasteiger partial charge in [0.2, 0.25) is 5.91 Å². The lowest BCUT2D eigenvalue weighted by Gasteiger charge is -2.29. The van der Waals surface area contributed by atoms with Crippen LogP contribution >= 0.6 is 11.3 Å². The first-order valence-electron chi connectivity index (χ1n) is 6.36. The average molecular weight is 268 g/mol. The lowest BCUT2D eigenvalue weighted by atomic mass is 10.2. The van der Waals surface area contributed by atoms with Crippen LogP contribution in [0, 0.1) is 0 Å². The molecule has 2 heterocycles. The number of carbonyl (C=O) groups excluding carboxylic acids is 1. The van der Waals surface area contributed by atoms with Gasteiger partial charge in [-0.1, -0.05) is 6.07 Å². The van der Waals surface area contributed by atoms with E-state index < -0.39 is 0 Å². The van der Waals surface area contributed by atoms with Gasteiger partial charge in [-0.2, -0.15) is 0 Å². The van der Waals surface area contributed by atoms with Gasteiger partial charge in [0, 0.05) is 30.6 Å². The Bertz CT molecular complexity index is 361. The zero-order valence-electron chi connectivity index (χ0n) is 10.7. The van der Waals surface area contributed by atoms with Crippen LogP contribution in [0.1, 0.15) is 11.8 Å². The molecule has 1 aromatic rings. The lowest BCUT2D eigenvalue weighted by Crippen LogP contribution is -2.46. The first-order valence-corrected chi connectivity index (χ1v) is 7.24. The zero-order chi connectivity index (χ0) is 12.8. The van der Waals surface area contributed by atoms with Crippen molar-refractivity contribution >= 4 is 17.2 Å². The van der Waals surface area contributed by atoms with Gasteiger partial charge in [-0.15, -0.1) is 11.3 Å². The SMILES string of the molecule is CC(CN1CCOCC1)NC(=O)Cc1cccs1. The second kappa shape index (κ2) is 6.87. The molecule has 1 amide bonds. The van der Waals surface area contributed by atoms with Crippen LogP contribution in [0.5, 0.6) is 0 Å². The summed E-state index contributed by atoms with van der Waals surface area (Å²) < 4.78 is 5.30. The van der Waals surface area contributed by atoms with Crippen molar-refractivity contribution in [1.29, 1.82) is 0 Å². The number of hydrogen-bond acceptors (Lipinski definition) is 4. The van der Waals surface area contributed by atoms with Crippen molar-refractivity contribution in [1.82, 2.24) is 10.2 Å². The predicted molar refractivity (Wildman–Crippen MR) is 72.9 cm³/mol. The van der Waals surface area contributed by atoms with Crippen molar-refractivity contribution in [2.24, 2.45) is 0 Å². The van der Waals surface area contributed by atoms with Crippen LogP contribution in [-0.4, -0.2) is 49.7 Å². The number of rotatable bonds is 5. The predicted octanol–water partition coefficient (Wildman–Crippen LogP) is 1.13. The number of amides is 1. The fourth-order valence-corrected chi connectivity index (χ4v) is 2.82. The summed E-state index contributed by atoms with van der Waals surface area (Å²) in [5, 5.41) is 5.05. The quantitative estimate of drug-likeness (QED) is 0.870. The van der Waals surface area contributed by atoms with E-state index in [1.807, 2.05) is 17.5 Å². The molecule has 0 aliphatic carbocycles. The van der Waals surface area contributed by atoms with Crippen LogP contribution in [0.2, 0.25) is 0 Å². The van der Waals surface area contributed by atoms with E-state index in [0.29, 0.717) is 6.42 Å². The molecule has 1 N–H and O–H groups in total.